The van der Waals surface area contributed by atoms with E-state index in [-0.39, 0.29) is 41.8 Å². The van der Waals surface area contributed by atoms with Gasteiger partial charge in [-0.3, -0.25) is 34.5 Å². The van der Waals surface area contributed by atoms with Crippen molar-refractivity contribution in [2.45, 2.75) is 65.0 Å². The fourth-order valence-electron chi connectivity index (χ4n) is 7.22. The van der Waals surface area contributed by atoms with Crippen LogP contribution in [0.2, 0.25) is 0 Å². The number of aromatic nitrogens is 4. The van der Waals surface area contributed by atoms with Gasteiger partial charge in [0.05, 0.1) is 23.6 Å². The Morgan fingerprint density at radius 2 is 1.86 bits per heavy atom. The zero-order valence-corrected chi connectivity index (χ0v) is 28.4. The fraction of sp³-hybridized carbons (Fsp3) is 0.444. The maximum absolute atomic E-state index is 13.7. The van der Waals surface area contributed by atoms with E-state index in [1.54, 1.807) is 17.2 Å². The molecule has 2 fully saturated rings. The van der Waals surface area contributed by atoms with Gasteiger partial charge in [-0.1, -0.05) is 19.9 Å². The second-order valence-electron chi connectivity index (χ2n) is 14.3. The van der Waals surface area contributed by atoms with E-state index < -0.39 is 17.9 Å². The second-order valence-corrected chi connectivity index (χ2v) is 14.3. The number of imide groups is 1. The van der Waals surface area contributed by atoms with Gasteiger partial charge in [-0.15, -0.1) is 0 Å². The summed E-state index contributed by atoms with van der Waals surface area (Å²) in [6.07, 6.45) is 5.25. The maximum atomic E-state index is 13.7. The number of pyridine rings is 1. The van der Waals surface area contributed by atoms with Crippen molar-refractivity contribution in [1.29, 1.82) is 0 Å². The van der Waals surface area contributed by atoms with Gasteiger partial charge in [-0.25, -0.2) is 4.98 Å². The van der Waals surface area contributed by atoms with Crippen LogP contribution in [0.1, 0.15) is 61.8 Å². The van der Waals surface area contributed by atoms with Gasteiger partial charge in [0.25, 0.3) is 5.91 Å². The molecule has 3 aromatic heterocycles. The molecule has 3 aliphatic rings. The van der Waals surface area contributed by atoms with Crippen molar-refractivity contribution in [2.75, 3.05) is 43.0 Å². The number of hydrogen-bond donors (Lipinski definition) is 4. The van der Waals surface area contributed by atoms with E-state index in [9.17, 15) is 19.2 Å². The molecule has 1 aromatic carbocycles. The molecule has 1 aliphatic carbocycles. The molecule has 4 amide bonds. The van der Waals surface area contributed by atoms with Crippen LogP contribution in [0, 0.1) is 5.41 Å². The molecule has 256 valence electrons. The quantitative estimate of drug-likeness (QED) is 0.219. The van der Waals surface area contributed by atoms with Crippen LogP contribution < -0.4 is 20.4 Å². The molecule has 2 unspecified atom stereocenters. The Hall–Kier alpha value is -5.04. The van der Waals surface area contributed by atoms with Crippen LogP contribution in [0.25, 0.3) is 22.3 Å². The third-order valence-electron chi connectivity index (χ3n) is 10.3. The SMILES string of the molecule is CC(C(=O)N(C)c1ccc2cc(-c3n[nH]c4c3CCC(C)(C)C4)[nH]c2c1)N1CCN(c2ccc(C(=O)NC3CCC(=O)NC3=O)nc2)CC1. The van der Waals surface area contributed by atoms with Gasteiger partial charge < -0.3 is 20.1 Å². The Bertz CT molecular complexity index is 1920. The number of carbonyl (C=O) groups excluding carboxylic acids is 4. The van der Waals surface area contributed by atoms with Gasteiger partial charge in [0.2, 0.25) is 17.7 Å². The van der Waals surface area contributed by atoms with Gasteiger partial charge in [-0.05, 0) is 68.4 Å². The summed E-state index contributed by atoms with van der Waals surface area (Å²) in [6.45, 7) is 9.37. The molecule has 0 bridgehead atoms. The molecule has 7 rings (SSSR count). The van der Waals surface area contributed by atoms with Crippen LogP contribution in [0.4, 0.5) is 11.4 Å². The van der Waals surface area contributed by atoms with Crippen LogP contribution in [-0.2, 0) is 27.2 Å². The lowest BCUT2D eigenvalue weighted by Gasteiger charge is -2.39. The van der Waals surface area contributed by atoms with Crippen LogP contribution >= 0.6 is 0 Å². The molecule has 13 heteroatoms. The van der Waals surface area contributed by atoms with E-state index in [2.05, 4.69) is 66.6 Å². The Labute approximate surface area is 284 Å². The number of fused-ring (bicyclic) bond motifs is 2. The summed E-state index contributed by atoms with van der Waals surface area (Å²) in [5.41, 5.74) is 7.67. The highest BCUT2D eigenvalue weighted by Gasteiger charge is 2.31. The average Bonchev–Trinajstić information content (AvgIpc) is 3.71. The second kappa shape index (κ2) is 12.8. The number of likely N-dealkylation sites (N-methyl/N-ethyl adjacent to an activating group) is 1. The summed E-state index contributed by atoms with van der Waals surface area (Å²) in [7, 11) is 1.83. The molecular formula is C36H43N9O4. The minimum Gasteiger partial charge on any atom is -0.368 e. The van der Waals surface area contributed by atoms with Crippen molar-refractivity contribution in [3.05, 3.63) is 59.5 Å². The van der Waals surface area contributed by atoms with Crippen molar-refractivity contribution >= 4 is 45.9 Å². The van der Waals surface area contributed by atoms with Gasteiger partial charge >= 0.3 is 0 Å². The largest absolute Gasteiger partial charge is 0.368 e. The van der Waals surface area contributed by atoms with E-state index in [1.807, 2.05) is 32.2 Å². The number of benzene rings is 1. The highest BCUT2D eigenvalue weighted by molar-refractivity contribution is 6.03. The van der Waals surface area contributed by atoms with Crippen molar-refractivity contribution in [2.24, 2.45) is 5.41 Å². The van der Waals surface area contributed by atoms with Crippen LogP contribution in [0.3, 0.4) is 0 Å². The van der Waals surface area contributed by atoms with Crippen molar-refractivity contribution < 1.29 is 19.2 Å². The Morgan fingerprint density at radius 3 is 2.59 bits per heavy atom. The lowest BCUT2D eigenvalue weighted by atomic mass is 9.76. The monoisotopic (exact) mass is 665 g/mol. The highest BCUT2D eigenvalue weighted by atomic mass is 16.2. The molecule has 4 aromatic rings. The predicted molar refractivity (Wildman–Crippen MR) is 186 cm³/mol. The molecule has 5 heterocycles. The first-order chi connectivity index (χ1) is 23.5. The molecule has 2 saturated heterocycles. The summed E-state index contributed by atoms with van der Waals surface area (Å²) in [6, 6.07) is 10.6. The summed E-state index contributed by atoms with van der Waals surface area (Å²) < 4.78 is 0. The number of hydrogen-bond acceptors (Lipinski definition) is 8. The minimum atomic E-state index is -0.751. The van der Waals surface area contributed by atoms with Crippen LogP contribution in [0.5, 0.6) is 0 Å². The number of piperazine rings is 1. The number of amides is 4. The van der Waals surface area contributed by atoms with Gasteiger partial charge in [0.15, 0.2) is 0 Å². The zero-order valence-electron chi connectivity index (χ0n) is 28.4. The molecule has 13 nitrogen and oxygen atoms in total. The minimum absolute atomic E-state index is 0.0246. The van der Waals surface area contributed by atoms with E-state index >= 15 is 0 Å². The van der Waals surface area contributed by atoms with Crippen LogP contribution in [0.15, 0.2) is 42.6 Å². The summed E-state index contributed by atoms with van der Waals surface area (Å²) >= 11 is 0. The number of piperidine rings is 1. The predicted octanol–water partition coefficient (Wildman–Crippen LogP) is 3.18. The lowest BCUT2D eigenvalue weighted by Crippen LogP contribution is -2.54. The van der Waals surface area contributed by atoms with Gasteiger partial charge in [0.1, 0.15) is 17.4 Å². The molecule has 0 radical (unpaired) electrons. The number of aromatic amines is 2. The Balaban J connectivity index is 0.945. The molecule has 49 heavy (non-hydrogen) atoms. The molecule has 2 atom stereocenters. The lowest BCUT2D eigenvalue weighted by molar-refractivity contribution is -0.134. The highest BCUT2D eigenvalue weighted by Crippen LogP contribution is 2.38. The molecule has 2 aliphatic heterocycles. The Morgan fingerprint density at radius 1 is 1.06 bits per heavy atom. The first-order valence-corrected chi connectivity index (χ1v) is 17.0. The van der Waals surface area contributed by atoms with Gasteiger partial charge in [0, 0.05) is 67.5 Å². The van der Waals surface area contributed by atoms with E-state index in [0.717, 1.165) is 52.9 Å². The third kappa shape index (κ3) is 6.54. The zero-order chi connectivity index (χ0) is 34.4. The van der Waals surface area contributed by atoms with Crippen molar-refractivity contribution in [3.8, 4) is 11.4 Å². The van der Waals surface area contributed by atoms with E-state index in [1.165, 1.54) is 11.3 Å². The standard InChI is InChI=1S/C36H43N9O4/c1-21(44-13-15-45(16-14-44)24-7-8-26(37-20-24)33(47)39-27-9-10-31(46)40-34(27)48)35(49)43(4)23-6-5-22-17-29(38-28(22)18-23)32-25-11-12-36(2,3)19-30(25)41-42-32/h5-8,17-18,20-21,27,38H,9-16,19H2,1-4H3,(H,39,47)(H,41,42)(H,40,46,48). The number of carbonyl (C=O) groups is 4. The molecule has 4 N–H and O–H groups in total. The van der Waals surface area contributed by atoms with Crippen molar-refractivity contribution in [1.82, 2.24) is 35.7 Å². The summed E-state index contributed by atoms with van der Waals surface area (Å²) in [4.78, 5) is 63.7. The Kier molecular flexibility index (Phi) is 8.47. The average molecular weight is 666 g/mol. The van der Waals surface area contributed by atoms with Crippen LogP contribution in [-0.4, -0.2) is 94.0 Å². The summed E-state index contributed by atoms with van der Waals surface area (Å²) in [5.74, 6) is -1.27. The maximum Gasteiger partial charge on any atom is 0.270 e. The first kappa shape index (κ1) is 32.5. The first-order valence-electron chi connectivity index (χ1n) is 17.0. The normalized spacial score (nSPS) is 20.1. The molecular weight excluding hydrogens is 622 g/mol. The topological polar surface area (TPSA) is 159 Å². The van der Waals surface area contributed by atoms with Crippen molar-refractivity contribution in [3.63, 3.8) is 0 Å². The number of nitrogens with zero attached hydrogens (tertiary/aromatic N) is 5. The summed E-state index contributed by atoms with van der Waals surface area (Å²) in [5, 5.41) is 13.9. The number of nitrogens with one attached hydrogen (secondary N) is 4. The number of H-pyrrole nitrogens is 2. The van der Waals surface area contributed by atoms with E-state index in [4.69, 9.17) is 0 Å². The fourth-order valence-corrected chi connectivity index (χ4v) is 7.22. The smallest absolute Gasteiger partial charge is 0.270 e. The number of rotatable bonds is 7. The third-order valence-corrected chi connectivity index (χ3v) is 10.3. The van der Waals surface area contributed by atoms with Gasteiger partial charge in [-0.2, -0.15) is 5.10 Å². The number of anilines is 2. The van der Waals surface area contributed by atoms with E-state index in [0.29, 0.717) is 26.2 Å². The molecule has 0 saturated carbocycles. The molecule has 0 spiro atoms.